The Bertz CT molecular complexity index is 278. The second kappa shape index (κ2) is 3.43. The van der Waals surface area contributed by atoms with E-state index in [1.807, 2.05) is 18.9 Å². The molecular weight excluding hydrogens is 154 g/mol. The second-order valence-corrected chi connectivity index (χ2v) is 2.71. The average Bonchev–Trinajstić information content (AvgIpc) is 2.51. The van der Waals surface area contributed by atoms with E-state index < -0.39 is 0 Å². The number of anilines is 1. The van der Waals surface area contributed by atoms with Crippen molar-refractivity contribution in [2.24, 2.45) is 0 Å². The van der Waals surface area contributed by atoms with Crippen molar-refractivity contribution >= 4 is 11.7 Å². The number of hydrogen-bond donors (Lipinski definition) is 0. The van der Waals surface area contributed by atoms with Crippen LogP contribution in [0.4, 0.5) is 5.88 Å². The highest BCUT2D eigenvalue weighted by Gasteiger charge is 2.07. The molecule has 0 aromatic carbocycles. The maximum absolute atomic E-state index is 10.9. The summed E-state index contributed by atoms with van der Waals surface area (Å²) in [5, 5.41) is 0. The van der Waals surface area contributed by atoms with E-state index in [4.69, 9.17) is 4.42 Å². The molecule has 3 heteroatoms. The van der Waals surface area contributed by atoms with E-state index in [-0.39, 0.29) is 5.78 Å². The zero-order valence-electron chi connectivity index (χ0n) is 7.63. The molecule has 1 aromatic rings. The number of carbonyl (C=O) groups is 1. The second-order valence-electron chi connectivity index (χ2n) is 2.71. The molecule has 0 aliphatic carbocycles. The van der Waals surface area contributed by atoms with Gasteiger partial charge in [-0.25, -0.2) is 0 Å². The van der Waals surface area contributed by atoms with Gasteiger partial charge in [-0.15, -0.1) is 0 Å². The number of hydrogen-bond acceptors (Lipinski definition) is 3. The highest BCUT2D eigenvalue weighted by atomic mass is 16.4. The first-order valence-corrected chi connectivity index (χ1v) is 3.97. The number of furan rings is 1. The summed E-state index contributed by atoms with van der Waals surface area (Å²) < 4.78 is 5.27. The number of Topliss-reactive ketones (excluding diaryl/α,β-unsaturated/α-hetero) is 1. The van der Waals surface area contributed by atoms with Crippen LogP contribution in [0.3, 0.4) is 0 Å². The normalized spacial score (nSPS) is 9.92. The lowest BCUT2D eigenvalue weighted by Gasteiger charge is -2.11. The number of rotatable bonds is 3. The van der Waals surface area contributed by atoms with Crippen LogP contribution >= 0.6 is 0 Å². The van der Waals surface area contributed by atoms with Gasteiger partial charge in [0.05, 0.1) is 0 Å². The Morgan fingerprint density at radius 1 is 1.58 bits per heavy atom. The standard InChI is InChI=1S/C9H13NO2/c1-4-10(3)9-6-5-8(12-9)7(2)11/h5-6H,4H2,1-3H3. The first-order chi connectivity index (χ1) is 5.65. The maximum Gasteiger partial charge on any atom is 0.196 e. The molecule has 0 saturated heterocycles. The fourth-order valence-corrected chi connectivity index (χ4v) is 0.878. The Balaban J connectivity index is 2.84. The van der Waals surface area contributed by atoms with Crippen LogP contribution in [0.15, 0.2) is 16.5 Å². The van der Waals surface area contributed by atoms with Gasteiger partial charge in [0.25, 0.3) is 0 Å². The third kappa shape index (κ3) is 1.67. The van der Waals surface area contributed by atoms with Crippen LogP contribution in [-0.4, -0.2) is 19.4 Å². The van der Waals surface area contributed by atoms with Gasteiger partial charge in [0, 0.05) is 26.6 Å². The third-order valence-corrected chi connectivity index (χ3v) is 1.79. The van der Waals surface area contributed by atoms with Gasteiger partial charge in [0.15, 0.2) is 17.4 Å². The number of ketones is 1. The SMILES string of the molecule is CCN(C)c1ccc(C(C)=O)o1. The average molecular weight is 167 g/mol. The molecule has 0 N–H and O–H groups in total. The first kappa shape index (κ1) is 8.84. The lowest BCUT2D eigenvalue weighted by atomic mass is 10.3. The molecule has 0 aliphatic heterocycles. The first-order valence-electron chi connectivity index (χ1n) is 3.97. The van der Waals surface area contributed by atoms with Gasteiger partial charge in [-0.1, -0.05) is 0 Å². The summed E-state index contributed by atoms with van der Waals surface area (Å²) in [5.74, 6) is 1.12. The summed E-state index contributed by atoms with van der Waals surface area (Å²) in [7, 11) is 1.92. The monoisotopic (exact) mass is 167 g/mol. The summed E-state index contributed by atoms with van der Waals surface area (Å²) in [6, 6.07) is 3.50. The molecule has 1 aromatic heterocycles. The minimum absolute atomic E-state index is 0.0363. The Morgan fingerprint density at radius 2 is 2.25 bits per heavy atom. The Hall–Kier alpha value is -1.25. The van der Waals surface area contributed by atoms with Gasteiger partial charge >= 0.3 is 0 Å². The molecule has 1 heterocycles. The molecule has 66 valence electrons. The molecule has 0 fully saturated rings. The van der Waals surface area contributed by atoms with Crippen LogP contribution in [-0.2, 0) is 0 Å². The van der Waals surface area contributed by atoms with Crippen molar-refractivity contribution in [3.05, 3.63) is 17.9 Å². The van der Waals surface area contributed by atoms with Crippen LogP contribution in [0.1, 0.15) is 24.4 Å². The van der Waals surface area contributed by atoms with Crippen LogP contribution in [0, 0.1) is 0 Å². The van der Waals surface area contributed by atoms with Crippen molar-refractivity contribution in [2.75, 3.05) is 18.5 Å². The van der Waals surface area contributed by atoms with E-state index in [0.29, 0.717) is 5.76 Å². The van der Waals surface area contributed by atoms with Gasteiger partial charge in [0.1, 0.15) is 0 Å². The van der Waals surface area contributed by atoms with Gasteiger partial charge < -0.3 is 9.32 Å². The molecule has 0 unspecified atom stereocenters. The predicted molar refractivity (Wildman–Crippen MR) is 47.7 cm³/mol. The van der Waals surface area contributed by atoms with Crippen LogP contribution in [0.2, 0.25) is 0 Å². The van der Waals surface area contributed by atoms with Gasteiger partial charge in [-0.2, -0.15) is 0 Å². The van der Waals surface area contributed by atoms with Crippen LogP contribution in [0.25, 0.3) is 0 Å². The summed E-state index contributed by atoms with van der Waals surface area (Å²) in [5.41, 5.74) is 0. The topological polar surface area (TPSA) is 33.5 Å². The van der Waals surface area contributed by atoms with Crippen molar-refractivity contribution in [3.8, 4) is 0 Å². The van der Waals surface area contributed by atoms with Gasteiger partial charge in [-0.05, 0) is 13.0 Å². The van der Waals surface area contributed by atoms with Gasteiger partial charge in [0.2, 0.25) is 0 Å². The minimum atomic E-state index is -0.0363. The van der Waals surface area contributed by atoms with Crippen LogP contribution < -0.4 is 4.90 Å². The maximum atomic E-state index is 10.9. The molecule has 0 bridgehead atoms. The predicted octanol–water partition coefficient (Wildman–Crippen LogP) is 1.94. The highest BCUT2D eigenvalue weighted by molar-refractivity contribution is 5.91. The largest absolute Gasteiger partial charge is 0.437 e. The summed E-state index contributed by atoms with van der Waals surface area (Å²) >= 11 is 0. The van der Waals surface area contributed by atoms with Crippen molar-refractivity contribution in [2.45, 2.75) is 13.8 Å². The molecule has 0 spiro atoms. The Morgan fingerprint density at radius 3 is 2.67 bits per heavy atom. The van der Waals surface area contributed by atoms with E-state index in [0.717, 1.165) is 12.4 Å². The quantitative estimate of drug-likeness (QED) is 0.645. The van der Waals surface area contributed by atoms with Crippen LogP contribution in [0.5, 0.6) is 0 Å². The van der Waals surface area contributed by atoms with E-state index in [9.17, 15) is 4.79 Å². The Labute approximate surface area is 72.0 Å². The molecule has 0 amide bonds. The molecule has 0 aliphatic rings. The summed E-state index contributed by atoms with van der Waals surface area (Å²) in [6.07, 6.45) is 0. The van der Waals surface area contributed by atoms with Crippen molar-refractivity contribution in [1.82, 2.24) is 0 Å². The van der Waals surface area contributed by atoms with E-state index in [1.165, 1.54) is 6.92 Å². The Kier molecular flexibility index (Phi) is 2.53. The fraction of sp³-hybridized carbons (Fsp3) is 0.444. The fourth-order valence-electron chi connectivity index (χ4n) is 0.878. The number of nitrogens with zero attached hydrogens (tertiary/aromatic N) is 1. The van der Waals surface area contributed by atoms with Crippen molar-refractivity contribution in [1.29, 1.82) is 0 Å². The van der Waals surface area contributed by atoms with E-state index in [1.54, 1.807) is 12.1 Å². The molecule has 0 radical (unpaired) electrons. The minimum Gasteiger partial charge on any atom is -0.437 e. The zero-order valence-corrected chi connectivity index (χ0v) is 7.63. The molecule has 3 nitrogen and oxygen atoms in total. The zero-order chi connectivity index (χ0) is 9.14. The van der Waals surface area contributed by atoms with Crippen molar-refractivity contribution in [3.63, 3.8) is 0 Å². The molecular formula is C9H13NO2. The van der Waals surface area contributed by atoms with Gasteiger partial charge in [-0.3, -0.25) is 4.79 Å². The lowest BCUT2D eigenvalue weighted by molar-refractivity contribution is 0.0988. The molecule has 0 atom stereocenters. The lowest BCUT2D eigenvalue weighted by Crippen LogP contribution is -2.14. The molecule has 0 saturated carbocycles. The smallest absolute Gasteiger partial charge is 0.196 e. The third-order valence-electron chi connectivity index (χ3n) is 1.79. The molecule has 12 heavy (non-hydrogen) atoms. The van der Waals surface area contributed by atoms with E-state index in [2.05, 4.69) is 0 Å². The van der Waals surface area contributed by atoms with E-state index >= 15 is 0 Å². The summed E-state index contributed by atoms with van der Waals surface area (Å²) in [6.45, 7) is 4.38. The molecule has 1 rings (SSSR count). The highest BCUT2D eigenvalue weighted by Crippen LogP contribution is 2.16. The number of carbonyl (C=O) groups excluding carboxylic acids is 1. The summed E-state index contributed by atoms with van der Waals surface area (Å²) in [4.78, 5) is 12.8. The van der Waals surface area contributed by atoms with Crippen molar-refractivity contribution < 1.29 is 9.21 Å².